The van der Waals surface area contributed by atoms with Gasteiger partial charge in [-0.1, -0.05) is 0 Å². The van der Waals surface area contributed by atoms with Crippen LogP contribution in [0.5, 0.6) is 0 Å². The highest BCUT2D eigenvalue weighted by molar-refractivity contribution is 7.93. The van der Waals surface area contributed by atoms with Gasteiger partial charge in [0.15, 0.2) is 5.76 Å². The molecule has 0 spiro atoms. The third-order valence-corrected chi connectivity index (χ3v) is 6.53. The van der Waals surface area contributed by atoms with E-state index in [0.717, 1.165) is 0 Å². The molecule has 2 N–H and O–H groups in total. The number of carbonyl (C=O) groups is 2. The van der Waals surface area contributed by atoms with Crippen molar-refractivity contribution in [2.75, 3.05) is 27.2 Å². The summed E-state index contributed by atoms with van der Waals surface area (Å²) in [6.45, 7) is 0.469. The summed E-state index contributed by atoms with van der Waals surface area (Å²) in [5, 5.41) is 5.45. The van der Waals surface area contributed by atoms with Crippen molar-refractivity contribution in [3.63, 3.8) is 0 Å². The Morgan fingerprint density at radius 2 is 1.50 bits per heavy atom. The summed E-state index contributed by atoms with van der Waals surface area (Å²) >= 11 is 0. The van der Waals surface area contributed by atoms with E-state index in [2.05, 4.69) is 10.6 Å². The number of hydrogen-bond donors (Lipinski definition) is 2. The average Bonchev–Trinajstić information content (AvgIpc) is 3.39. The molecule has 4 rings (SSSR count). The molecule has 9 heteroatoms. The predicted molar refractivity (Wildman–Crippen MR) is 113 cm³/mol. The molecule has 1 aliphatic rings. The zero-order chi connectivity index (χ0) is 21.1. The predicted octanol–water partition coefficient (Wildman–Crippen LogP) is 3.32. The van der Waals surface area contributed by atoms with Crippen molar-refractivity contribution < 1.29 is 22.4 Å². The molecular weight excluding hydrogens is 406 g/mol. The molecule has 8 nitrogen and oxygen atoms in total. The molecule has 0 bridgehead atoms. The maximum Gasteiger partial charge on any atom is 0.291 e. The number of nitrogens with zero attached hydrogens (tertiary/aromatic N) is 1. The van der Waals surface area contributed by atoms with Gasteiger partial charge < -0.3 is 15.1 Å². The third kappa shape index (κ3) is 4.20. The van der Waals surface area contributed by atoms with Crippen molar-refractivity contribution in [3.8, 4) is 0 Å². The smallest absolute Gasteiger partial charge is 0.291 e. The van der Waals surface area contributed by atoms with E-state index in [1.165, 1.54) is 10.6 Å². The van der Waals surface area contributed by atoms with Crippen LogP contribution < -0.4 is 14.9 Å². The summed E-state index contributed by atoms with van der Waals surface area (Å²) in [6, 6.07) is 16.3. The zero-order valence-corrected chi connectivity index (χ0v) is 16.7. The van der Waals surface area contributed by atoms with Crippen LogP contribution in [-0.2, 0) is 10.0 Å². The monoisotopic (exact) mass is 425 g/mol. The SMILES string of the molecule is O=C(Nc1ccc(N2CCCS2(=O)=O)cc1)c1ccc(NC(=O)c2ccco2)cc1. The van der Waals surface area contributed by atoms with Gasteiger partial charge >= 0.3 is 0 Å². The first kappa shape index (κ1) is 19.7. The second-order valence-corrected chi connectivity index (χ2v) is 8.76. The molecule has 3 aromatic rings. The van der Waals surface area contributed by atoms with Crippen molar-refractivity contribution in [3.05, 3.63) is 78.3 Å². The lowest BCUT2D eigenvalue weighted by molar-refractivity contribution is 0.0995. The van der Waals surface area contributed by atoms with Gasteiger partial charge in [-0.3, -0.25) is 13.9 Å². The summed E-state index contributed by atoms with van der Waals surface area (Å²) < 4.78 is 30.4. The van der Waals surface area contributed by atoms with Crippen molar-refractivity contribution >= 4 is 38.9 Å². The molecule has 1 fully saturated rings. The molecule has 1 aliphatic heterocycles. The van der Waals surface area contributed by atoms with Gasteiger partial charge in [0, 0.05) is 23.5 Å². The molecule has 2 aromatic carbocycles. The Labute approximate surface area is 173 Å². The van der Waals surface area contributed by atoms with Gasteiger partial charge in [0.25, 0.3) is 11.8 Å². The van der Waals surface area contributed by atoms with E-state index in [9.17, 15) is 18.0 Å². The lowest BCUT2D eigenvalue weighted by Crippen LogP contribution is -2.24. The summed E-state index contributed by atoms with van der Waals surface area (Å²) in [7, 11) is -3.24. The van der Waals surface area contributed by atoms with Crippen molar-refractivity contribution in [2.45, 2.75) is 6.42 Å². The minimum absolute atomic E-state index is 0.156. The van der Waals surface area contributed by atoms with Crippen LogP contribution in [0.3, 0.4) is 0 Å². The maximum atomic E-state index is 12.5. The van der Waals surface area contributed by atoms with E-state index in [0.29, 0.717) is 35.6 Å². The molecule has 1 aromatic heterocycles. The maximum absolute atomic E-state index is 12.5. The fourth-order valence-corrected chi connectivity index (χ4v) is 4.71. The fourth-order valence-electron chi connectivity index (χ4n) is 3.15. The van der Waals surface area contributed by atoms with E-state index in [-0.39, 0.29) is 23.3 Å². The first-order chi connectivity index (χ1) is 14.4. The van der Waals surface area contributed by atoms with Gasteiger partial charge in [-0.15, -0.1) is 0 Å². The van der Waals surface area contributed by atoms with Gasteiger partial charge in [0.2, 0.25) is 10.0 Å². The Balaban J connectivity index is 1.38. The van der Waals surface area contributed by atoms with Gasteiger partial charge in [-0.25, -0.2) is 8.42 Å². The van der Waals surface area contributed by atoms with E-state index in [1.807, 2.05) is 0 Å². The number of carbonyl (C=O) groups excluding carboxylic acids is 2. The quantitative estimate of drug-likeness (QED) is 0.652. The molecule has 0 aliphatic carbocycles. The number of amides is 2. The summed E-state index contributed by atoms with van der Waals surface area (Å²) in [6.07, 6.45) is 2.03. The number of rotatable bonds is 5. The van der Waals surface area contributed by atoms with E-state index >= 15 is 0 Å². The minimum Gasteiger partial charge on any atom is -0.459 e. The topological polar surface area (TPSA) is 109 Å². The lowest BCUT2D eigenvalue weighted by atomic mass is 10.2. The highest BCUT2D eigenvalue weighted by Crippen LogP contribution is 2.25. The van der Waals surface area contributed by atoms with Crippen LogP contribution >= 0.6 is 0 Å². The Morgan fingerprint density at radius 1 is 0.867 bits per heavy atom. The lowest BCUT2D eigenvalue weighted by Gasteiger charge is -2.17. The largest absolute Gasteiger partial charge is 0.459 e. The molecule has 154 valence electrons. The van der Waals surface area contributed by atoms with Crippen molar-refractivity contribution in [2.24, 2.45) is 0 Å². The van der Waals surface area contributed by atoms with Crippen LogP contribution in [0.1, 0.15) is 27.3 Å². The molecule has 0 radical (unpaired) electrons. The standard InChI is InChI=1S/C21H19N3O5S/c25-20(15-4-6-16(7-5-15)23-21(26)19-3-1-13-29-19)22-17-8-10-18(11-9-17)24-12-2-14-30(24,27)28/h1,3-11,13H,2,12,14H2,(H,22,25)(H,23,26). The third-order valence-electron chi connectivity index (χ3n) is 4.66. The van der Waals surface area contributed by atoms with Gasteiger partial charge in [-0.05, 0) is 67.1 Å². The summed E-state index contributed by atoms with van der Waals surface area (Å²) in [5.41, 5.74) is 2.08. The van der Waals surface area contributed by atoms with Crippen LogP contribution in [0.25, 0.3) is 0 Å². The van der Waals surface area contributed by atoms with E-state index < -0.39 is 10.0 Å². The van der Waals surface area contributed by atoms with Crippen LogP contribution in [-0.4, -0.2) is 32.5 Å². The Morgan fingerprint density at radius 3 is 2.07 bits per heavy atom. The molecule has 0 saturated carbocycles. The normalized spacial score (nSPS) is 15.0. The Kier molecular flexibility index (Phi) is 5.28. The molecule has 0 atom stereocenters. The second kappa shape index (κ2) is 8.03. The molecule has 1 saturated heterocycles. The van der Waals surface area contributed by atoms with Crippen LogP contribution in [0, 0.1) is 0 Å². The number of hydrogen-bond acceptors (Lipinski definition) is 5. The number of sulfonamides is 1. The highest BCUT2D eigenvalue weighted by Gasteiger charge is 2.28. The van der Waals surface area contributed by atoms with Crippen molar-refractivity contribution in [1.29, 1.82) is 0 Å². The number of anilines is 3. The molecule has 30 heavy (non-hydrogen) atoms. The molecule has 2 heterocycles. The van der Waals surface area contributed by atoms with Gasteiger partial charge in [-0.2, -0.15) is 0 Å². The van der Waals surface area contributed by atoms with Gasteiger partial charge in [0.05, 0.1) is 17.7 Å². The Hall–Kier alpha value is -3.59. The molecular formula is C21H19N3O5S. The van der Waals surface area contributed by atoms with Crippen LogP contribution in [0.4, 0.5) is 17.1 Å². The van der Waals surface area contributed by atoms with Crippen LogP contribution in [0.2, 0.25) is 0 Å². The van der Waals surface area contributed by atoms with Crippen LogP contribution in [0.15, 0.2) is 71.3 Å². The number of benzene rings is 2. The molecule has 0 unspecified atom stereocenters. The summed E-state index contributed by atoms with van der Waals surface area (Å²) in [4.78, 5) is 24.4. The van der Waals surface area contributed by atoms with Crippen molar-refractivity contribution in [1.82, 2.24) is 0 Å². The van der Waals surface area contributed by atoms with E-state index in [1.54, 1.807) is 60.7 Å². The Bertz CT molecular complexity index is 1150. The highest BCUT2D eigenvalue weighted by atomic mass is 32.2. The minimum atomic E-state index is -3.24. The second-order valence-electron chi connectivity index (χ2n) is 6.75. The first-order valence-electron chi connectivity index (χ1n) is 9.29. The fraction of sp³-hybridized carbons (Fsp3) is 0.143. The molecule has 2 amide bonds. The van der Waals surface area contributed by atoms with E-state index in [4.69, 9.17) is 4.42 Å². The first-order valence-corrected chi connectivity index (χ1v) is 10.9. The number of furan rings is 1. The van der Waals surface area contributed by atoms with Gasteiger partial charge in [0.1, 0.15) is 0 Å². The average molecular weight is 425 g/mol. The summed E-state index contributed by atoms with van der Waals surface area (Å²) in [5.74, 6) is -0.344. The number of nitrogens with one attached hydrogen (secondary N) is 2. The zero-order valence-electron chi connectivity index (χ0n) is 15.9.